The molecule has 4 nitrogen and oxygen atoms in total. The molecular formula is C15H26O4. The Hall–Kier alpha value is -1.06. The minimum Gasteiger partial charge on any atom is -0.469 e. The molecule has 1 aliphatic rings. The number of rotatable bonds is 7. The first kappa shape index (κ1) is 16.0. The maximum atomic E-state index is 11.8. The molecule has 0 spiro atoms. The van der Waals surface area contributed by atoms with Gasteiger partial charge in [0.2, 0.25) is 0 Å². The fraction of sp³-hybridized carbons (Fsp3) is 0.867. The van der Waals surface area contributed by atoms with Crippen LogP contribution in [0.1, 0.15) is 58.3 Å². The molecule has 0 atom stereocenters. The van der Waals surface area contributed by atoms with Gasteiger partial charge in [0.1, 0.15) is 0 Å². The predicted octanol–water partition coefficient (Wildman–Crippen LogP) is 3.09. The summed E-state index contributed by atoms with van der Waals surface area (Å²) in [5, 5.41) is 0. The van der Waals surface area contributed by atoms with Crippen molar-refractivity contribution in [1.82, 2.24) is 0 Å². The van der Waals surface area contributed by atoms with Gasteiger partial charge in [0.05, 0.1) is 19.6 Å². The lowest BCUT2D eigenvalue weighted by atomic mass is 9.80. The van der Waals surface area contributed by atoms with E-state index in [0.29, 0.717) is 19.4 Å². The lowest BCUT2D eigenvalue weighted by Crippen LogP contribution is -2.24. The molecule has 0 radical (unpaired) electrons. The Labute approximate surface area is 115 Å². The summed E-state index contributed by atoms with van der Waals surface area (Å²) >= 11 is 0. The van der Waals surface area contributed by atoms with E-state index >= 15 is 0 Å². The van der Waals surface area contributed by atoms with Crippen LogP contribution in [-0.2, 0) is 19.1 Å². The van der Waals surface area contributed by atoms with E-state index in [1.165, 1.54) is 20.0 Å². The minimum absolute atomic E-state index is 0.0752. The van der Waals surface area contributed by atoms with E-state index in [1.54, 1.807) is 0 Å². The van der Waals surface area contributed by atoms with Crippen LogP contribution in [0.15, 0.2) is 0 Å². The van der Waals surface area contributed by atoms with E-state index in [1.807, 2.05) is 0 Å². The van der Waals surface area contributed by atoms with Crippen LogP contribution in [0.25, 0.3) is 0 Å². The third-order valence-corrected chi connectivity index (χ3v) is 3.87. The Morgan fingerprint density at radius 2 is 1.84 bits per heavy atom. The average Bonchev–Trinajstić information content (AvgIpc) is 2.44. The van der Waals surface area contributed by atoms with Gasteiger partial charge in [-0.05, 0) is 38.0 Å². The zero-order valence-electron chi connectivity index (χ0n) is 12.2. The van der Waals surface area contributed by atoms with Crippen LogP contribution in [0.4, 0.5) is 0 Å². The zero-order chi connectivity index (χ0) is 14.1. The Morgan fingerprint density at radius 1 is 1.16 bits per heavy atom. The maximum absolute atomic E-state index is 11.8. The molecule has 1 fully saturated rings. The van der Waals surface area contributed by atoms with Crippen LogP contribution < -0.4 is 0 Å². The van der Waals surface area contributed by atoms with Crippen molar-refractivity contribution in [1.29, 1.82) is 0 Å². The summed E-state index contributed by atoms with van der Waals surface area (Å²) in [6.45, 7) is 2.53. The highest BCUT2D eigenvalue weighted by Crippen LogP contribution is 2.32. The molecule has 0 aliphatic heterocycles. The van der Waals surface area contributed by atoms with E-state index in [2.05, 4.69) is 11.7 Å². The molecule has 19 heavy (non-hydrogen) atoms. The van der Waals surface area contributed by atoms with Crippen LogP contribution in [0, 0.1) is 11.8 Å². The summed E-state index contributed by atoms with van der Waals surface area (Å²) in [6.07, 6.45) is 7.58. The largest absolute Gasteiger partial charge is 0.469 e. The molecule has 0 N–H and O–H groups in total. The lowest BCUT2D eigenvalue weighted by molar-refractivity contribution is -0.151. The first-order valence-electron chi connectivity index (χ1n) is 7.40. The smallest absolute Gasteiger partial charge is 0.308 e. The topological polar surface area (TPSA) is 52.6 Å². The second-order valence-corrected chi connectivity index (χ2v) is 5.35. The van der Waals surface area contributed by atoms with Crippen LogP contribution >= 0.6 is 0 Å². The SMILES string of the molecule is CCCC1CCC(C(=O)OCCCC(=O)OC)CC1. The van der Waals surface area contributed by atoms with Gasteiger partial charge < -0.3 is 9.47 Å². The van der Waals surface area contributed by atoms with Gasteiger partial charge >= 0.3 is 11.9 Å². The molecular weight excluding hydrogens is 244 g/mol. The Bertz CT molecular complexity index is 280. The Balaban J connectivity index is 2.12. The standard InChI is InChI=1S/C15H26O4/c1-3-5-12-7-9-13(10-8-12)15(17)19-11-4-6-14(16)18-2/h12-13H,3-11H2,1-2H3. The van der Waals surface area contributed by atoms with E-state index in [4.69, 9.17) is 4.74 Å². The first-order chi connectivity index (χ1) is 9.17. The molecule has 0 bridgehead atoms. The molecule has 110 valence electrons. The van der Waals surface area contributed by atoms with Crippen molar-refractivity contribution in [2.45, 2.75) is 58.3 Å². The molecule has 1 aliphatic carbocycles. The molecule has 0 aromatic rings. The number of esters is 2. The van der Waals surface area contributed by atoms with Crippen molar-refractivity contribution in [3.05, 3.63) is 0 Å². The Kier molecular flexibility index (Phi) is 7.53. The van der Waals surface area contributed by atoms with Gasteiger partial charge in [0.25, 0.3) is 0 Å². The number of carbonyl (C=O) groups excluding carboxylic acids is 2. The second-order valence-electron chi connectivity index (χ2n) is 5.35. The van der Waals surface area contributed by atoms with E-state index in [0.717, 1.165) is 31.6 Å². The number of carbonyl (C=O) groups is 2. The fourth-order valence-corrected chi connectivity index (χ4v) is 2.70. The Morgan fingerprint density at radius 3 is 2.42 bits per heavy atom. The van der Waals surface area contributed by atoms with Crippen LogP contribution in [0.5, 0.6) is 0 Å². The summed E-state index contributed by atoms with van der Waals surface area (Å²) in [4.78, 5) is 22.7. The van der Waals surface area contributed by atoms with Crippen molar-refractivity contribution < 1.29 is 19.1 Å². The minimum atomic E-state index is -0.254. The third kappa shape index (κ3) is 6.08. The van der Waals surface area contributed by atoms with E-state index in [9.17, 15) is 9.59 Å². The number of ether oxygens (including phenoxy) is 2. The monoisotopic (exact) mass is 270 g/mol. The van der Waals surface area contributed by atoms with Crippen molar-refractivity contribution in [2.24, 2.45) is 11.8 Å². The molecule has 0 aromatic heterocycles. The third-order valence-electron chi connectivity index (χ3n) is 3.87. The molecule has 0 unspecified atom stereocenters. The summed E-state index contributed by atoms with van der Waals surface area (Å²) in [5.41, 5.74) is 0. The zero-order valence-corrected chi connectivity index (χ0v) is 12.2. The van der Waals surface area contributed by atoms with Crippen LogP contribution in [0.3, 0.4) is 0 Å². The van der Waals surface area contributed by atoms with E-state index < -0.39 is 0 Å². The molecule has 4 heteroatoms. The van der Waals surface area contributed by atoms with Crippen molar-refractivity contribution in [3.63, 3.8) is 0 Å². The summed E-state index contributed by atoms with van der Waals surface area (Å²) in [7, 11) is 1.36. The highest BCUT2D eigenvalue weighted by molar-refractivity contribution is 5.72. The lowest BCUT2D eigenvalue weighted by Gasteiger charge is -2.26. The molecule has 0 heterocycles. The highest BCUT2D eigenvalue weighted by atomic mass is 16.5. The van der Waals surface area contributed by atoms with Gasteiger partial charge in [-0.25, -0.2) is 0 Å². The first-order valence-corrected chi connectivity index (χ1v) is 7.40. The summed E-state index contributed by atoms with van der Waals surface area (Å²) in [5.74, 6) is 0.538. The summed E-state index contributed by atoms with van der Waals surface area (Å²) in [6, 6.07) is 0. The summed E-state index contributed by atoms with van der Waals surface area (Å²) < 4.78 is 9.75. The number of hydrogen-bond acceptors (Lipinski definition) is 4. The van der Waals surface area contributed by atoms with E-state index in [-0.39, 0.29) is 17.9 Å². The number of methoxy groups -OCH3 is 1. The van der Waals surface area contributed by atoms with Gasteiger partial charge in [0, 0.05) is 6.42 Å². The van der Waals surface area contributed by atoms with Crippen molar-refractivity contribution >= 4 is 11.9 Å². The normalized spacial score (nSPS) is 22.8. The number of hydrogen-bond donors (Lipinski definition) is 0. The molecule has 0 saturated heterocycles. The maximum Gasteiger partial charge on any atom is 0.308 e. The predicted molar refractivity (Wildman–Crippen MR) is 72.6 cm³/mol. The fourth-order valence-electron chi connectivity index (χ4n) is 2.70. The van der Waals surface area contributed by atoms with Gasteiger partial charge in [0.15, 0.2) is 0 Å². The van der Waals surface area contributed by atoms with Crippen molar-refractivity contribution in [2.75, 3.05) is 13.7 Å². The van der Waals surface area contributed by atoms with Gasteiger partial charge in [-0.3, -0.25) is 9.59 Å². The quantitative estimate of drug-likeness (QED) is 0.527. The second kappa shape index (κ2) is 8.94. The van der Waals surface area contributed by atoms with Gasteiger partial charge in [-0.2, -0.15) is 0 Å². The molecule has 0 aromatic carbocycles. The highest BCUT2D eigenvalue weighted by Gasteiger charge is 2.26. The van der Waals surface area contributed by atoms with Gasteiger partial charge in [-0.1, -0.05) is 19.8 Å². The van der Waals surface area contributed by atoms with Crippen LogP contribution in [0.2, 0.25) is 0 Å². The molecule has 1 saturated carbocycles. The molecule has 1 rings (SSSR count). The van der Waals surface area contributed by atoms with Crippen molar-refractivity contribution in [3.8, 4) is 0 Å². The average molecular weight is 270 g/mol. The van der Waals surface area contributed by atoms with Crippen LogP contribution in [-0.4, -0.2) is 25.7 Å². The molecule has 0 amide bonds. The van der Waals surface area contributed by atoms with Gasteiger partial charge in [-0.15, -0.1) is 0 Å².